The Hall–Kier alpha value is -1.39. The SMILES string of the molecule is CCN1CCN(C)C1C.O=C(O)c1ccccc1. The van der Waals surface area contributed by atoms with E-state index in [1.54, 1.807) is 30.3 Å². The number of hydrogen-bond acceptors (Lipinski definition) is 3. The summed E-state index contributed by atoms with van der Waals surface area (Å²) in [5.41, 5.74) is 0.331. The van der Waals surface area contributed by atoms with Crippen LogP contribution in [0.2, 0.25) is 0 Å². The van der Waals surface area contributed by atoms with Gasteiger partial charge in [-0.15, -0.1) is 0 Å². The van der Waals surface area contributed by atoms with Crippen molar-refractivity contribution in [1.82, 2.24) is 9.80 Å². The van der Waals surface area contributed by atoms with E-state index in [0.717, 1.165) is 0 Å². The number of likely N-dealkylation sites (N-methyl/N-ethyl adjacent to an activating group) is 2. The number of hydrogen-bond donors (Lipinski definition) is 1. The van der Waals surface area contributed by atoms with Gasteiger partial charge in [-0.3, -0.25) is 9.80 Å². The van der Waals surface area contributed by atoms with Crippen molar-refractivity contribution in [3.8, 4) is 0 Å². The van der Waals surface area contributed by atoms with Gasteiger partial charge in [-0.1, -0.05) is 25.1 Å². The molecule has 0 aromatic heterocycles. The highest BCUT2D eigenvalue weighted by atomic mass is 16.4. The third-order valence-corrected chi connectivity index (χ3v) is 3.33. The zero-order valence-electron chi connectivity index (χ0n) is 11.3. The van der Waals surface area contributed by atoms with Crippen LogP contribution >= 0.6 is 0 Å². The lowest BCUT2D eigenvalue weighted by atomic mass is 10.2. The monoisotopic (exact) mass is 250 g/mol. The summed E-state index contributed by atoms with van der Waals surface area (Å²) in [7, 11) is 2.18. The highest BCUT2D eigenvalue weighted by Gasteiger charge is 2.22. The Morgan fingerprint density at radius 1 is 1.33 bits per heavy atom. The van der Waals surface area contributed by atoms with Crippen LogP contribution in [0.5, 0.6) is 0 Å². The largest absolute Gasteiger partial charge is 0.478 e. The fourth-order valence-corrected chi connectivity index (χ4v) is 1.94. The van der Waals surface area contributed by atoms with E-state index in [4.69, 9.17) is 5.11 Å². The van der Waals surface area contributed by atoms with Gasteiger partial charge in [0.05, 0.1) is 11.7 Å². The lowest BCUT2D eigenvalue weighted by Crippen LogP contribution is -2.33. The van der Waals surface area contributed by atoms with Crippen molar-refractivity contribution in [2.45, 2.75) is 20.0 Å². The molecule has 18 heavy (non-hydrogen) atoms. The van der Waals surface area contributed by atoms with E-state index in [0.29, 0.717) is 11.7 Å². The molecule has 1 aromatic rings. The van der Waals surface area contributed by atoms with Gasteiger partial charge in [0.15, 0.2) is 0 Å². The summed E-state index contributed by atoms with van der Waals surface area (Å²) in [5.74, 6) is -0.879. The van der Waals surface area contributed by atoms with Gasteiger partial charge >= 0.3 is 5.97 Å². The second kappa shape index (κ2) is 7.13. The van der Waals surface area contributed by atoms with Crippen molar-refractivity contribution < 1.29 is 9.90 Å². The van der Waals surface area contributed by atoms with Crippen LogP contribution < -0.4 is 0 Å². The third-order valence-electron chi connectivity index (χ3n) is 3.33. The molecule has 2 rings (SSSR count). The van der Waals surface area contributed by atoms with Crippen molar-refractivity contribution in [3.05, 3.63) is 35.9 Å². The molecule has 1 fully saturated rings. The number of carbonyl (C=O) groups is 1. The van der Waals surface area contributed by atoms with Gasteiger partial charge in [0.1, 0.15) is 0 Å². The van der Waals surface area contributed by atoms with E-state index in [1.807, 2.05) is 0 Å². The number of rotatable bonds is 2. The summed E-state index contributed by atoms with van der Waals surface area (Å²) in [5, 5.41) is 8.38. The number of aromatic carboxylic acids is 1. The van der Waals surface area contributed by atoms with E-state index >= 15 is 0 Å². The predicted molar refractivity (Wildman–Crippen MR) is 72.7 cm³/mol. The maximum atomic E-state index is 10.2. The van der Waals surface area contributed by atoms with Crippen LogP contribution in [0.4, 0.5) is 0 Å². The van der Waals surface area contributed by atoms with E-state index < -0.39 is 5.97 Å². The minimum absolute atomic E-state index is 0.331. The molecule has 1 saturated heterocycles. The fraction of sp³-hybridized carbons (Fsp3) is 0.500. The average molecular weight is 250 g/mol. The molecule has 100 valence electrons. The zero-order valence-corrected chi connectivity index (χ0v) is 11.3. The van der Waals surface area contributed by atoms with Gasteiger partial charge in [0.25, 0.3) is 0 Å². The first kappa shape index (κ1) is 14.7. The second-order valence-corrected chi connectivity index (χ2v) is 4.41. The average Bonchev–Trinajstić information content (AvgIpc) is 2.71. The van der Waals surface area contributed by atoms with Crippen LogP contribution in [0.1, 0.15) is 24.2 Å². The summed E-state index contributed by atoms with van der Waals surface area (Å²) in [4.78, 5) is 15.1. The standard InChI is InChI=1S/C7H16N2.C7H6O2/c1-4-9-6-5-8(3)7(9)2;8-7(9)6-4-2-1-3-5-6/h7H,4-6H2,1-3H3;1-5H,(H,8,9). The smallest absolute Gasteiger partial charge is 0.335 e. The minimum Gasteiger partial charge on any atom is -0.478 e. The fourth-order valence-electron chi connectivity index (χ4n) is 1.94. The molecule has 1 unspecified atom stereocenters. The normalized spacial score (nSPS) is 20.3. The summed E-state index contributed by atoms with van der Waals surface area (Å²) in [6.07, 6.45) is 0.662. The van der Waals surface area contributed by atoms with Crippen LogP contribution in [0.25, 0.3) is 0 Å². The van der Waals surface area contributed by atoms with E-state index in [2.05, 4.69) is 30.7 Å². The zero-order chi connectivity index (χ0) is 13.5. The Kier molecular flexibility index (Phi) is 5.82. The van der Waals surface area contributed by atoms with Crippen LogP contribution in [0, 0.1) is 0 Å². The predicted octanol–water partition coefficient (Wildman–Crippen LogP) is 1.98. The molecule has 1 N–H and O–H groups in total. The molecular formula is C14H22N2O2. The van der Waals surface area contributed by atoms with E-state index in [1.165, 1.54) is 19.6 Å². The lowest BCUT2D eigenvalue weighted by molar-refractivity contribution is 0.0697. The van der Waals surface area contributed by atoms with Crippen molar-refractivity contribution in [2.24, 2.45) is 0 Å². The number of carboxylic acid groups (broad SMARTS) is 1. The lowest BCUT2D eigenvalue weighted by Gasteiger charge is -2.22. The Balaban J connectivity index is 0.000000180. The Bertz CT molecular complexity index is 367. The van der Waals surface area contributed by atoms with Crippen LogP contribution in [0.3, 0.4) is 0 Å². The first-order chi connectivity index (χ1) is 8.56. The van der Waals surface area contributed by atoms with Gasteiger partial charge < -0.3 is 5.11 Å². The first-order valence-electron chi connectivity index (χ1n) is 6.29. The summed E-state index contributed by atoms with van der Waals surface area (Å²) < 4.78 is 0. The topological polar surface area (TPSA) is 43.8 Å². The van der Waals surface area contributed by atoms with E-state index in [-0.39, 0.29) is 0 Å². The second-order valence-electron chi connectivity index (χ2n) is 4.41. The number of nitrogens with zero attached hydrogens (tertiary/aromatic N) is 2. The van der Waals surface area contributed by atoms with Gasteiger partial charge in [-0.25, -0.2) is 4.79 Å². The molecule has 0 radical (unpaired) electrons. The van der Waals surface area contributed by atoms with Crippen molar-refractivity contribution >= 4 is 5.97 Å². The number of benzene rings is 1. The summed E-state index contributed by atoms with van der Waals surface area (Å²) in [6.45, 7) is 8.14. The quantitative estimate of drug-likeness (QED) is 0.871. The summed E-state index contributed by atoms with van der Waals surface area (Å²) in [6, 6.07) is 8.30. The molecule has 1 aliphatic rings. The molecule has 0 bridgehead atoms. The molecule has 1 aromatic carbocycles. The highest BCUT2D eigenvalue weighted by molar-refractivity contribution is 5.87. The van der Waals surface area contributed by atoms with Crippen molar-refractivity contribution in [2.75, 3.05) is 26.7 Å². The van der Waals surface area contributed by atoms with Crippen LogP contribution in [0.15, 0.2) is 30.3 Å². The maximum absolute atomic E-state index is 10.2. The van der Waals surface area contributed by atoms with Gasteiger partial charge in [-0.05, 0) is 32.6 Å². The van der Waals surface area contributed by atoms with E-state index in [9.17, 15) is 4.79 Å². The maximum Gasteiger partial charge on any atom is 0.335 e. The molecule has 1 atom stereocenters. The highest BCUT2D eigenvalue weighted by Crippen LogP contribution is 2.09. The van der Waals surface area contributed by atoms with Crippen LogP contribution in [-0.2, 0) is 0 Å². The number of carboxylic acids is 1. The molecule has 4 heteroatoms. The van der Waals surface area contributed by atoms with Crippen molar-refractivity contribution in [1.29, 1.82) is 0 Å². The molecule has 4 nitrogen and oxygen atoms in total. The van der Waals surface area contributed by atoms with Gasteiger partial charge in [0.2, 0.25) is 0 Å². The van der Waals surface area contributed by atoms with Gasteiger partial charge in [0, 0.05) is 13.1 Å². The Labute approximate surface area is 109 Å². The molecule has 0 spiro atoms. The first-order valence-corrected chi connectivity index (χ1v) is 6.29. The molecule has 0 aliphatic carbocycles. The Morgan fingerprint density at radius 2 is 1.94 bits per heavy atom. The third kappa shape index (κ3) is 4.13. The van der Waals surface area contributed by atoms with Crippen molar-refractivity contribution in [3.63, 3.8) is 0 Å². The minimum atomic E-state index is -0.879. The molecule has 1 aliphatic heterocycles. The molecule has 0 amide bonds. The van der Waals surface area contributed by atoms with Gasteiger partial charge in [-0.2, -0.15) is 0 Å². The molecule has 1 heterocycles. The Morgan fingerprint density at radius 3 is 2.22 bits per heavy atom. The van der Waals surface area contributed by atoms with Crippen LogP contribution in [-0.4, -0.2) is 53.7 Å². The summed E-state index contributed by atoms with van der Waals surface area (Å²) >= 11 is 0. The molecular weight excluding hydrogens is 228 g/mol. The molecule has 0 saturated carbocycles.